The predicted molar refractivity (Wildman–Crippen MR) is 55.8 cm³/mol. The molecule has 82 valence electrons. The van der Waals surface area contributed by atoms with Crippen LogP contribution in [0.1, 0.15) is 46.0 Å². The fourth-order valence-corrected chi connectivity index (χ4v) is 2.22. The molecule has 0 spiro atoms. The van der Waals surface area contributed by atoms with Gasteiger partial charge in [0.05, 0.1) is 0 Å². The van der Waals surface area contributed by atoms with Gasteiger partial charge in [0.1, 0.15) is 6.73 Å². The predicted octanol–water partition coefficient (Wildman–Crippen LogP) is 2.07. The van der Waals surface area contributed by atoms with Crippen molar-refractivity contribution in [3.05, 3.63) is 0 Å². The molecular weight excluding hydrogens is 178 g/mol. The van der Waals surface area contributed by atoms with Crippen molar-refractivity contribution in [2.45, 2.75) is 52.0 Å². The first-order valence-corrected chi connectivity index (χ1v) is 5.60. The highest BCUT2D eigenvalue weighted by atomic mass is 16.5. The van der Waals surface area contributed by atoms with Crippen molar-refractivity contribution in [3.8, 4) is 0 Å². The molecule has 1 aliphatic carbocycles. The van der Waals surface area contributed by atoms with Crippen LogP contribution in [0.2, 0.25) is 0 Å². The summed E-state index contributed by atoms with van der Waals surface area (Å²) in [7, 11) is 0. The van der Waals surface area contributed by atoms with Crippen LogP contribution in [0.15, 0.2) is 0 Å². The minimum absolute atomic E-state index is 0.207. The van der Waals surface area contributed by atoms with E-state index in [9.17, 15) is 4.79 Å². The lowest BCUT2D eigenvalue weighted by atomic mass is 9.83. The van der Waals surface area contributed by atoms with Gasteiger partial charge in [-0.15, -0.1) is 0 Å². The van der Waals surface area contributed by atoms with Crippen LogP contribution < -0.4 is 5.32 Å². The smallest absolute Gasteiger partial charge is 0.303 e. The van der Waals surface area contributed by atoms with E-state index in [2.05, 4.69) is 12.2 Å². The van der Waals surface area contributed by atoms with E-state index in [4.69, 9.17) is 4.74 Å². The Hall–Kier alpha value is -0.570. The van der Waals surface area contributed by atoms with E-state index < -0.39 is 0 Å². The third-order valence-corrected chi connectivity index (χ3v) is 3.05. The number of esters is 1. The molecule has 0 bridgehead atoms. The molecule has 0 aromatic heterocycles. The van der Waals surface area contributed by atoms with Crippen LogP contribution in [0.3, 0.4) is 0 Å². The highest BCUT2D eigenvalue weighted by molar-refractivity contribution is 5.65. The first-order chi connectivity index (χ1) is 6.74. The third kappa shape index (κ3) is 3.66. The molecule has 1 saturated carbocycles. The Morgan fingerprint density at radius 2 is 2.14 bits per heavy atom. The Labute approximate surface area is 86.2 Å². The monoisotopic (exact) mass is 199 g/mol. The van der Waals surface area contributed by atoms with Crippen molar-refractivity contribution in [1.29, 1.82) is 0 Å². The summed E-state index contributed by atoms with van der Waals surface area (Å²) >= 11 is 0. The zero-order valence-electron chi connectivity index (χ0n) is 9.21. The van der Waals surface area contributed by atoms with Crippen LogP contribution in [-0.4, -0.2) is 18.7 Å². The molecule has 0 aliphatic heterocycles. The summed E-state index contributed by atoms with van der Waals surface area (Å²) in [6, 6.07) is 0.549. The second kappa shape index (κ2) is 6.02. The summed E-state index contributed by atoms with van der Waals surface area (Å²) in [5.41, 5.74) is 0. The van der Waals surface area contributed by atoms with E-state index in [0.29, 0.717) is 12.8 Å². The van der Waals surface area contributed by atoms with Crippen LogP contribution in [0.5, 0.6) is 0 Å². The fourth-order valence-electron chi connectivity index (χ4n) is 2.22. The van der Waals surface area contributed by atoms with Crippen LogP contribution in [0.25, 0.3) is 0 Å². The Bertz CT molecular complexity index is 182. The lowest BCUT2D eigenvalue weighted by Crippen LogP contribution is -2.39. The molecule has 1 N–H and O–H groups in total. The number of hydrogen-bond acceptors (Lipinski definition) is 3. The molecule has 0 saturated heterocycles. The van der Waals surface area contributed by atoms with E-state index in [1.807, 2.05) is 0 Å². The zero-order chi connectivity index (χ0) is 10.4. The lowest BCUT2D eigenvalue weighted by Gasteiger charge is -2.31. The summed E-state index contributed by atoms with van der Waals surface area (Å²) in [4.78, 5) is 10.6. The quantitative estimate of drug-likeness (QED) is 0.556. The van der Waals surface area contributed by atoms with Gasteiger partial charge in [0.15, 0.2) is 0 Å². The fraction of sp³-hybridized carbons (Fsp3) is 0.909. The number of carbonyl (C=O) groups is 1. The molecular formula is C11H21NO2. The Balaban J connectivity index is 2.22. The standard InChI is InChI=1S/C11H21NO2/c1-3-10-6-4-5-7-11(10)12-8-14-9(2)13/h10-12H,3-8H2,1-2H3/t10?,11-/m1/s1. The van der Waals surface area contributed by atoms with Crippen LogP contribution in [0, 0.1) is 5.92 Å². The van der Waals surface area contributed by atoms with E-state index in [1.54, 1.807) is 0 Å². The zero-order valence-corrected chi connectivity index (χ0v) is 9.21. The molecule has 3 nitrogen and oxygen atoms in total. The van der Waals surface area contributed by atoms with Crippen molar-refractivity contribution in [1.82, 2.24) is 5.32 Å². The van der Waals surface area contributed by atoms with Crippen molar-refractivity contribution in [2.75, 3.05) is 6.73 Å². The molecule has 0 radical (unpaired) electrons. The minimum atomic E-state index is -0.207. The molecule has 0 amide bonds. The van der Waals surface area contributed by atoms with Gasteiger partial charge in [0.2, 0.25) is 0 Å². The van der Waals surface area contributed by atoms with Crippen molar-refractivity contribution >= 4 is 5.97 Å². The molecule has 3 heteroatoms. The summed E-state index contributed by atoms with van der Waals surface area (Å²) in [5.74, 6) is 0.556. The largest absolute Gasteiger partial charge is 0.450 e. The summed E-state index contributed by atoms with van der Waals surface area (Å²) in [5, 5.41) is 3.31. The highest BCUT2D eigenvalue weighted by Crippen LogP contribution is 2.26. The van der Waals surface area contributed by atoms with Gasteiger partial charge in [-0.1, -0.05) is 26.2 Å². The number of ether oxygens (including phenoxy) is 1. The van der Waals surface area contributed by atoms with Gasteiger partial charge >= 0.3 is 5.97 Å². The number of rotatable bonds is 4. The molecule has 0 heterocycles. The molecule has 14 heavy (non-hydrogen) atoms. The van der Waals surface area contributed by atoms with E-state index >= 15 is 0 Å². The van der Waals surface area contributed by atoms with Gasteiger partial charge in [0.25, 0.3) is 0 Å². The van der Waals surface area contributed by atoms with Gasteiger partial charge in [-0.05, 0) is 18.8 Å². The van der Waals surface area contributed by atoms with Crippen molar-refractivity contribution in [2.24, 2.45) is 5.92 Å². The highest BCUT2D eigenvalue weighted by Gasteiger charge is 2.22. The molecule has 1 rings (SSSR count). The molecule has 2 atom stereocenters. The Kier molecular flexibility index (Phi) is 4.94. The molecule has 0 aromatic rings. The molecule has 1 unspecified atom stereocenters. The normalized spacial score (nSPS) is 27.3. The van der Waals surface area contributed by atoms with Crippen LogP contribution >= 0.6 is 0 Å². The van der Waals surface area contributed by atoms with Crippen molar-refractivity contribution < 1.29 is 9.53 Å². The topological polar surface area (TPSA) is 38.3 Å². The maximum atomic E-state index is 10.6. The van der Waals surface area contributed by atoms with Crippen LogP contribution in [0.4, 0.5) is 0 Å². The molecule has 1 aliphatic rings. The van der Waals surface area contributed by atoms with Gasteiger partial charge in [-0.25, -0.2) is 0 Å². The summed E-state index contributed by atoms with van der Waals surface area (Å²) < 4.78 is 4.89. The van der Waals surface area contributed by atoms with Gasteiger partial charge in [-0.2, -0.15) is 0 Å². The second-order valence-electron chi connectivity index (χ2n) is 4.04. The number of nitrogens with one attached hydrogen (secondary N) is 1. The summed E-state index contributed by atoms with van der Waals surface area (Å²) in [6.45, 7) is 4.05. The van der Waals surface area contributed by atoms with Gasteiger partial charge < -0.3 is 4.74 Å². The number of hydrogen-bond donors (Lipinski definition) is 1. The minimum Gasteiger partial charge on any atom is -0.450 e. The number of carbonyl (C=O) groups excluding carboxylic acids is 1. The van der Waals surface area contributed by atoms with E-state index in [0.717, 1.165) is 5.92 Å². The second-order valence-corrected chi connectivity index (χ2v) is 4.04. The molecule has 0 aromatic carbocycles. The lowest BCUT2D eigenvalue weighted by molar-refractivity contribution is -0.142. The third-order valence-electron chi connectivity index (χ3n) is 3.05. The Morgan fingerprint density at radius 1 is 1.43 bits per heavy atom. The van der Waals surface area contributed by atoms with Gasteiger partial charge in [0, 0.05) is 13.0 Å². The average Bonchev–Trinajstić information content (AvgIpc) is 2.18. The first kappa shape index (κ1) is 11.5. The van der Waals surface area contributed by atoms with Crippen LogP contribution in [-0.2, 0) is 9.53 Å². The summed E-state index contributed by atoms with van der Waals surface area (Å²) in [6.07, 6.45) is 6.41. The van der Waals surface area contributed by atoms with E-state index in [1.165, 1.54) is 39.0 Å². The van der Waals surface area contributed by atoms with Crippen molar-refractivity contribution in [3.63, 3.8) is 0 Å². The first-order valence-electron chi connectivity index (χ1n) is 5.60. The maximum Gasteiger partial charge on any atom is 0.303 e. The van der Waals surface area contributed by atoms with Gasteiger partial charge in [-0.3, -0.25) is 10.1 Å². The Morgan fingerprint density at radius 3 is 2.79 bits per heavy atom. The average molecular weight is 199 g/mol. The molecule has 1 fully saturated rings. The maximum absolute atomic E-state index is 10.6. The van der Waals surface area contributed by atoms with E-state index in [-0.39, 0.29) is 5.97 Å². The SMILES string of the molecule is CCC1CCCC[C@H]1NCOC(C)=O.